The summed E-state index contributed by atoms with van der Waals surface area (Å²) in [5, 5.41) is 7.97. The van der Waals surface area contributed by atoms with Crippen LogP contribution in [-0.2, 0) is 19.1 Å². The van der Waals surface area contributed by atoms with Gasteiger partial charge >= 0.3 is 18.0 Å². The van der Waals surface area contributed by atoms with Crippen molar-refractivity contribution in [2.75, 3.05) is 19.8 Å². The van der Waals surface area contributed by atoms with E-state index in [4.69, 9.17) is 25.5 Å². The number of esters is 2. The zero-order valence-corrected chi connectivity index (χ0v) is 17.7. The highest BCUT2D eigenvalue weighted by Crippen LogP contribution is 2.28. The maximum absolute atomic E-state index is 12.7. The summed E-state index contributed by atoms with van der Waals surface area (Å²) in [5.74, 6) is -2.01. The molecule has 3 N–H and O–H groups in total. The van der Waals surface area contributed by atoms with Crippen LogP contribution in [0.5, 0.6) is 0 Å². The lowest BCUT2D eigenvalue weighted by Crippen LogP contribution is -2.47. The highest BCUT2D eigenvalue weighted by atomic mass is 35.5. The third-order valence-electron chi connectivity index (χ3n) is 4.37. The van der Waals surface area contributed by atoms with Gasteiger partial charge in [-0.25, -0.2) is 9.59 Å². The molecule has 0 saturated carbocycles. The number of hydrogen-bond donors (Lipinski definition) is 3. The van der Waals surface area contributed by atoms with Crippen molar-refractivity contribution in [2.45, 2.75) is 13.0 Å². The van der Waals surface area contributed by atoms with Crippen LogP contribution in [0.1, 0.15) is 29.1 Å². The van der Waals surface area contributed by atoms with Gasteiger partial charge in [-0.3, -0.25) is 9.59 Å². The summed E-state index contributed by atoms with van der Waals surface area (Å²) < 4.78 is 15.2. The molecule has 1 aromatic heterocycles. The monoisotopic (exact) mass is 461 g/mol. The molecule has 0 fully saturated rings. The van der Waals surface area contributed by atoms with E-state index in [1.54, 1.807) is 31.2 Å². The number of urea groups is 1. The van der Waals surface area contributed by atoms with Gasteiger partial charge in [0.15, 0.2) is 5.76 Å². The Morgan fingerprint density at radius 3 is 2.56 bits per heavy atom. The Balaban J connectivity index is 1.75. The average molecular weight is 462 g/mol. The van der Waals surface area contributed by atoms with Gasteiger partial charge in [0.1, 0.15) is 13.2 Å². The molecule has 2 aromatic rings. The summed E-state index contributed by atoms with van der Waals surface area (Å²) in [5.41, 5.74) is 0.737. The molecule has 1 aromatic carbocycles. The molecule has 2 heterocycles. The minimum atomic E-state index is -0.840. The van der Waals surface area contributed by atoms with Crippen LogP contribution in [0.25, 0.3) is 0 Å². The minimum Gasteiger partial charge on any atom is -0.463 e. The molecule has 11 heteroatoms. The van der Waals surface area contributed by atoms with Crippen LogP contribution in [0, 0.1) is 0 Å². The molecule has 0 spiro atoms. The van der Waals surface area contributed by atoms with Crippen molar-refractivity contribution < 1.29 is 33.1 Å². The van der Waals surface area contributed by atoms with E-state index >= 15 is 0 Å². The number of furan rings is 1. The molecule has 3 amide bonds. The first-order chi connectivity index (χ1) is 15.4. The fourth-order valence-electron chi connectivity index (χ4n) is 2.94. The molecule has 0 saturated heterocycles. The van der Waals surface area contributed by atoms with Crippen LogP contribution in [0.3, 0.4) is 0 Å². The van der Waals surface area contributed by atoms with E-state index in [0.29, 0.717) is 10.6 Å². The quantitative estimate of drug-likeness (QED) is 0.512. The van der Waals surface area contributed by atoms with E-state index in [9.17, 15) is 19.2 Å². The van der Waals surface area contributed by atoms with Crippen molar-refractivity contribution in [3.63, 3.8) is 0 Å². The number of hydrogen-bond acceptors (Lipinski definition) is 7. The fourth-order valence-corrected chi connectivity index (χ4v) is 3.06. The number of amides is 3. The Labute approximate surface area is 187 Å². The topological polar surface area (TPSA) is 136 Å². The van der Waals surface area contributed by atoms with E-state index in [1.807, 2.05) is 0 Å². The number of carbonyl (C=O) groups is 4. The highest BCUT2D eigenvalue weighted by molar-refractivity contribution is 6.30. The summed E-state index contributed by atoms with van der Waals surface area (Å²) in [6, 6.07) is 8.11. The molecule has 1 aliphatic rings. The van der Waals surface area contributed by atoms with E-state index in [0.717, 1.165) is 0 Å². The molecule has 0 aliphatic carbocycles. The summed E-state index contributed by atoms with van der Waals surface area (Å²) in [6.07, 6.45) is 1.33. The fraction of sp³-hybridized carbons (Fsp3) is 0.238. The van der Waals surface area contributed by atoms with Crippen molar-refractivity contribution >= 4 is 35.5 Å². The van der Waals surface area contributed by atoms with Crippen LogP contribution < -0.4 is 16.0 Å². The van der Waals surface area contributed by atoms with E-state index in [1.165, 1.54) is 18.4 Å². The van der Waals surface area contributed by atoms with Gasteiger partial charge in [-0.2, -0.15) is 0 Å². The molecule has 1 atom stereocenters. The third kappa shape index (κ3) is 5.67. The van der Waals surface area contributed by atoms with Crippen LogP contribution in [0.15, 0.2) is 58.3 Å². The minimum absolute atomic E-state index is 0.0431. The number of ether oxygens (including phenoxy) is 2. The Hall–Kier alpha value is -3.79. The number of benzene rings is 1. The predicted molar refractivity (Wildman–Crippen MR) is 112 cm³/mol. The van der Waals surface area contributed by atoms with Gasteiger partial charge in [0.25, 0.3) is 5.91 Å². The van der Waals surface area contributed by atoms with Crippen LogP contribution in [-0.4, -0.2) is 43.6 Å². The number of halogens is 1. The van der Waals surface area contributed by atoms with Gasteiger partial charge < -0.3 is 29.8 Å². The van der Waals surface area contributed by atoms with E-state index in [-0.39, 0.29) is 23.6 Å². The molecular weight excluding hydrogens is 442 g/mol. The first kappa shape index (κ1) is 22.9. The van der Waals surface area contributed by atoms with E-state index in [2.05, 4.69) is 16.0 Å². The van der Waals surface area contributed by atoms with Gasteiger partial charge in [-0.15, -0.1) is 0 Å². The van der Waals surface area contributed by atoms with Gasteiger partial charge in [0.05, 0.1) is 30.2 Å². The van der Waals surface area contributed by atoms with Crippen molar-refractivity contribution in [2.24, 2.45) is 0 Å². The Bertz CT molecular complexity index is 1030. The second-order valence-electron chi connectivity index (χ2n) is 6.52. The zero-order valence-electron chi connectivity index (χ0n) is 17.0. The molecule has 168 valence electrons. The predicted octanol–water partition coefficient (Wildman–Crippen LogP) is 2.08. The van der Waals surface area contributed by atoms with E-state index < -0.39 is 43.1 Å². The standard InChI is InChI=1S/C21H20ClN3O7/c1-2-30-20(28)17-14(11-32-16(26)10-23-19(27)15-4-3-9-31-15)24-21(29)25-18(17)12-5-7-13(22)8-6-12/h3-9,18H,2,10-11H2,1H3,(H,23,27)(H2,24,25,29). The molecule has 3 rings (SSSR count). The summed E-state index contributed by atoms with van der Waals surface area (Å²) >= 11 is 5.93. The van der Waals surface area contributed by atoms with Gasteiger partial charge in [0, 0.05) is 5.02 Å². The molecule has 0 bridgehead atoms. The van der Waals surface area contributed by atoms with Crippen LogP contribution in [0.4, 0.5) is 4.79 Å². The summed E-state index contributed by atoms with van der Waals surface area (Å²) in [4.78, 5) is 48.8. The second kappa shape index (κ2) is 10.5. The van der Waals surface area contributed by atoms with Crippen LogP contribution >= 0.6 is 11.6 Å². The second-order valence-corrected chi connectivity index (χ2v) is 6.95. The van der Waals surface area contributed by atoms with Crippen molar-refractivity contribution in [3.05, 3.63) is 70.3 Å². The Kier molecular flexibility index (Phi) is 7.50. The van der Waals surface area contributed by atoms with Gasteiger partial charge in [-0.05, 0) is 36.8 Å². The summed E-state index contributed by atoms with van der Waals surface area (Å²) in [6.45, 7) is 0.900. The molecule has 0 radical (unpaired) electrons. The van der Waals surface area contributed by atoms with Crippen molar-refractivity contribution in [3.8, 4) is 0 Å². The highest BCUT2D eigenvalue weighted by Gasteiger charge is 2.34. The number of rotatable bonds is 8. The third-order valence-corrected chi connectivity index (χ3v) is 4.62. The first-order valence-electron chi connectivity index (χ1n) is 9.59. The summed E-state index contributed by atoms with van der Waals surface area (Å²) in [7, 11) is 0. The SMILES string of the molecule is CCOC(=O)C1=C(COC(=O)CNC(=O)c2ccco2)NC(=O)NC1c1ccc(Cl)cc1. The molecule has 10 nitrogen and oxygen atoms in total. The number of nitrogens with one attached hydrogen (secondary N) is 3. The van der Waals surface area contributed by atoms with Crippen molar-refractivity contribution in [1.29, 1.82) is 0 Å². The molecular formula is C21H20ClN3O7. The normalized spacial score (nSPS) is 15.4. The van der Waals surface area contributed by atoms with Gasteiger partial charge in [0.2, 0.25) is 0 Å². The molecule has 1 unspecified atom stereocenters. The number of carbonyl (C=O) groups excluding carboxylic acids is 4. The maximum atomic E-state index is 12.7. The first-order valence-corrected chi connectivity index (χ1v) is 9.97. The lowest BCUT2D eigenvalue weighted by Gasteiger charge is -2.29. The lowest BCUT2D eigenvalue weighted by atomic mass is 9.95. The zero-order chi connectivity index (χ0) is 23.1. The largest absolute Gasteiger partial charge is 0.463 e. The smallest absolute Gasteiger partial charge is 0.338 e. The average Bonchev–Trinajstić information content (AvgIpc) is 3.31. The molecule has 1 aliphatic heterocycles. The lowest BCUT2D eigenvalue weighted by molar-refractivity contribution is -0.142. The van der Waals surface area contributed by atoms with Gasteiger partial charge in [-0.1, -0.05) is 23.7 Å². The van der Waals surface area contributed by atoms with Crippen molar-refractivity contribution in [1.82, 2.24) is 16.0 Å². The Morgan fingerprint density at radius 2 is 1.91 bits per heavy atom. The maximum Gasteiger partial charge on any atom is 0.338 e. The molecule has 32 heavy (non-hydrogen) atoms. The van der Waals surface area contributed by atoms with Crippen LogP contribution in [0.2, 0.25) is 5.02 Å². The Morgan fingerprint density at radius 1 is 1.16 bits per heavy atom.